The molecule has 0 aliphatic rings. The molecule has 0 unspecified atom stereocenters. The third kappa shape index (κ3) is 3.60. The molecule has 0 bridgehead atoms. The molecule has 5 nitrogen and oxygen atoms in total. The molecule has 0 amide bonds. The molecule has 0 aromatic rings. The minimum absolute atomic E-state index is 0.180. The Bertz CT molecular complexity index is 206. The van der Waals surface area contributed by atoms with Crippen LogP contribution < -0.4 is 0 Å². The number of ether oxygens (including phenoxy) is 2. The zero-order valence-electron chi connectivity index (χ0n) is 6.86. The Morgan fingerprint density at radius 2 is 2.08 bits per heavy atom. The first-order chi connectivity index (χ1) is 5.61. The number of rotatable bonds is 4. The molecule has 0 heterocycles. The SMILES string of the molecule is CCOC(=O)C(=CC(=O)O)OC. The van der Waals surface area contributed by atoms with Crippen LogP contribution in [-0.4, -0.2) is 30.8 Å². The first-order valence-electron chi connectivity index (χ1n) is 3.27. The minimum atomic E-state index is -1.25. The van der Waals surface area contributed by atoms with Gasteiger partial charge in [-0.1, -0.05) is 0 Å². The molecule has 0 radical (unpaired) electrons. The van der Waals surface area contributed by atoms with Crippen LogP contribution in [0, 0.1) is 0 Å². The monoisotopic (exact) mass is 174 g/mol. The molecule has 0 spiro atoms. The van der Waals surface area contributed by atoms with Crippen molar-refractivity contribution in [3.63, 3.8) is 0 Å². The van der Waals surface area contributed by atoms with Crippen molar-refractivity contribution in [2.45, 2.75) is 6.92 Å². The van der Waals surface area contributed by atoms with E-state index in [1.807, 2.05) is 0 Å². The average Bonchev–Trinajstić information content (AvgIpc) is 2.00. The van der Waals surface area contributed by atoms with Crippen molar-refractivity contribution in [2.75, 3.05) is 13.7 Å². The molecule has 0 aromatic carbocycles. The molecule has 0 rings (SSSR count). The Labute approximate surface area is 69.6 Å². The number of carboxylic acids is 1. The van der Waals surface area contributed by atoms with E-state index in [-0.39, 0.29) is 12.4 Å². The summed E-state index contributed by atoms with van der Waals surface area (Å²) in [6, 6.07) is 0. The number of aliphatic carboxylic acids is 1. The number of hydrogen-bond donors (Lipinski definition) is 1. The number of methoxy groups -OCH3 is 1. The Kier molecular flexibility index (Phi) is 4.52. The average molecular weight is 174 g/mol. The van der Waals surface area contributed by atoms with E-state index in [0.717, 1.165) is 0 Å². The van der Waals surface area contributed by atoms with Gasteiger partial charge < -0.3 is 14.6 Å². The van der Waals surface area contributed by atoms with Gasteiger partial charge in [-0.2, -0.15) is 0 Å². The summed E-state index contributed by atoms with van der Waals surface area (Å²) in [4.78, 5) is 20.9. The largest absolute Gasteiger partial charge is 0.490 e. The topological polar surface area (TPSA) is 72.8 Å². The second-order valence-corrected chi connectivity index (χ2v) is 1.77. The van der Waals surface area contributed by atoms with Crippen LogP contribution in [0.1, 0.15) is 6.92 Å². The minimum Gasteiger partial charge on any atom is -0.490 e. The van der Waals surface area contributed by atoms with Crippen LogP contribution in [0.5, 0.6) is 0 Å². The molecule has 0 atom stereocenters. The second kappa shape index (κ2) is 5.17. The summed E-state index contributed by atoms with van der Waals surface area (Å²) in [5.74, 6) is -2.34. The molecule has 12 heavy (non-hydrogen) atoms. The zero-order valence-corrected chi connectivity index (χ0v) is 6.86. The third-order valence-electron chi connectivity index (χ3n) is 0.951. The highest BCUT2D eigenvalue weighted by Gasteiger charge is 2.11. The fraction of sp³-hybridized carbons (Fsp3) is 0.429. The van der Waals surface area contributed by atoms with Crippen molar-refractivity contribution in [1.29, 1.82) is 0 Å². The molecule has 0 fully saturated rings. The summed E-state index contributed by atoms with van der Waals surface area (Å²) in [6.45, 7) is 1.80. The van der Waals surface area contributed by atoms with E-state index in [1.54, 1.807) is 6.92 Å². The van der Waals surface area contributed by atoms with Crippen LogP contribution in [0.2, 0.25) is 0 Å². The lowest BCUT2D eigenvalue weighted by atomic mass is 10.4. The maximum absolute atomic E-state index is 10.8. The summed E-state index contributed by atoms with van der Waals surface area (Å²) < 4.78 is 8.98. The molecule has 5 heteroatoms. The summed E-state index contributed by atoms with van der Waals surface area (Å²) in [5, 5.41) is 8.27. The lowest BCUT2D eigenvalue weighted by Crippen LogP contribution is -2.10. The maximum atomic E-state index is 10.8. The molecule has 1 N–H and O–H groups in total. The van der Waals surface area contributed by atoms with Crippen molar-refractivity contribution in [2.24, 2.45) is 0 Å². The molecular formula is C7H10O5. The first kappa shape index (κ1) is 10.5. The second-order valence-electron chi connectivity index (χ2n) is 1.77. The quantitative estimate of drug-likeness (QED) is 0.373. The summed E-state index contributed by atoms with van der Waals surface area (Å²) in [7, 11) is 1.20. The van der Waals surface area contributed by atoms with Crippen molar-refractivity contribution < 1.29 is 24.2 Å². The van der Waals surface area contributed by atoms with E-state index >= 15 is 0 Å². The number of esters is 1. The van der Waals surface area contributed by atoms with E-state index in [2.05, 4.69) is 9.47 Å². The fourth-order valence-electron chi connectivity index (χ4n) is 0.516. The lowest BCUT2D eigenvalue weighted by molar-refractivity contribution is -0.143. The smallest absolute Gasteiger partial charge is 0.373 e. The van der Waals surface area contributed by atoms with Gasteiger partial charge in [-0.15, -0.1) is 0 Å². The van der Waals surface area contributed by atoms with Crippen molar-refractivity contribution in [1.82, 2.24) is 0 Å². The fourth-order valence-corrected chi connectivity index (χ4v) is 0.516. The number of carbonyl (C=O) groups excluding carboxylic acids is 1. The van der Waals surface area contributed by atoms with Crippen LogP contribution >= 0.6 is 0 Å². The normalized spacial score (nSPS) is 10.7. The predicted molar refractivity (Wildman–Crippen MR) is 39.4 cm³/mol. The molecule has 0 aliphatic carbocycles. The van der Waals surface area contributed by atoms with Gasteiger partial charge >= 0.3 is 11.9 Å². The lowest BCUT2D eigenvalue weighted by Gasteiger charge is -2.03. The highest BCUT2D eigenvalue weighted by Crippen LogP contribution is 1.98. The van der Waals surface area contributed by atoms with Gasteiger partial charge in [-0.3, -0.25) is 0 Å². The van der Waals surface area contributed by atoms with E-state index in [0.29, 0.717) is 6.08 Å². The molecular weight excluding hydrogens is 164 g/mol. The van der Waals surface area contributed by atoms with Gasteiger partial charge in [-0.05, 0) is 6.92 Å². The predicted octanol–water partition coefficient (Wildman–Crippen LogP) is 0.164. The summed E-state index contributed by atoms with van der Waals surface area (Å²) >= 11 is 0. The van der Waals surface area contributed by atoms with Gasteiger partial charge in [0.15, 0.2) is 0 Å². The molecule has 68 valence electrons. The van der Waals surface area contributed by atoms with Gasteiger partial charge in [0.1, 0.15) is 0 Å². The van der Waals surface area contributed by atoms with Crippen LogP contribution in [0.25, 0.3) is 0 Å². The highest BCUT2D eigenvalue weighted by molar-refractivity contribution is 5.93. The van der Waals surface area contributed by atoms with Gasteiger partial charge in [-0.25, -0.2) is 9.59 Å². The Morgan fingerprint density at radius 1 is 1.50 bits per heavy atom. The number of carboxylic acid groups (broad SMARTS) is 1. The summed E-state index contributed by atoms with van der Waals surface area (Å²) in [5.41, 5.74) is 0. The molecule has 0 aromatic heterocycles. The Balaban J connectivity index is 4.34. The Hall–Kier alpha value is -1.52. The number of carbonyl (C=O) groups is 2. The Morgan fingerprint density at radius 3 is 2.42 bits per heavy atom. The van der Waals surface area contributed by atoms with Crippen molar-refractivity contribution >= 4 is 11.9 Å². The van der Waals surface area contributed by atoms with E-state index in [4.69, 9.17) is 5.11 Å². The van der Waals surface area contributed by atoms with Gasteiger partial charge in [0.25, 0.3) is 0 Å². The first-order valence-corrected chi connectivity index (χ1v) is 3.27. The highest BCUT2D eigenvalue weighted by atomic mass is 16.6. The van der Waals surface area contributed by atoms with Crippen LogP contribution in [0.4, 0.5) is 0 Å². The standard InChI is InChI=1S/C7H10O5/c1-3-12-7(10)5(11-2)4-6(8)9/h4H,3H2,1-2H3,(H,8,9). The van der Waals surface area contributed by atoms with Crippen LogP contribution in [-0.2, 0) is 19.1 Å². The summed E-state index contributed by atoms with van der Waals surface area (Å²) in [6.07, 6.45) is 0.651. The maximum Gasteiger partial charge on any atom is 0.373 e. The number of hydrogen-bond acceptors (Lipinski definition) is 4. The molecule has 0 saturated heterocycles. The zero-order chi connectivity index (χ0) is 9.56. The van der Waals surface area contributed by atoms with Crippen molar-refractivity contribution in [3.8, 4) is 0 Å². The van der Waals surface area contributed by atoms with Gasteiger partial charge in [0, 0.05) is 0 Å². The van der Waals surface area contributed by atoms with E-state index in [9.17, 15) is 9.59 Å². The van der Waals surface area contributed by atoms with Gasteiger partial charge in [0.2, 0.25) is 5.76 Å². The van der Waals surface area contributed by atoms with E-state index < -0.39 is 11.9 Å². The molecule has 0 saturated carbocycles. The van der Waals surface area contributed by atoms with Crippen LogP contribution in [0.15, 0.2) is 11.8 Å². The van der Waals surface area contributed by atoms with Crippen LogP contribution in [0.3, 0.4) is 0 Å². The van der Waals surface area contributed by atoms with Crippen molar-refractivity contribution in [3.05, 3.63) is 11.8 Å². The molecule has 0 aliphatic heterocycles. The van der Waals surface area contributed by atoms with Gasteiger partial charge in [0.05, 0.1) is 19.8 Å². The third-order valence-corrected chi connectivity index (χ3v) is 0.951. The van der Waals surface area contributed by atoms with E-state index in [1.165, 1.54) is 7.11 Å².